The Morgan fingerprint density at radius 3 is 2.68 bits per heavy atom. The first-order chi connectivity index (χ1) is 12.0. The molecule has 1 amide bonds. The summed E-state index contributed by atoms with van der Waals surface area (Å²) in [5.41, 5.74) is 0.683. The second-order valence-electron chi connectivity index (χ2n) is 5.56. The van der Waals surface area contributed by atoms with Crippen molar-refractivity contribution in [3.05, 3.63) is 67.8 Å². The number of nitrogens with one attached hydrogen (secondary N) is 1. The number of hydrogen-bond acceptors (Lipinski definition) is 4. The number of rotatable bonds is 5. The molecule has 130 valence electrons. The van der Waals surface area contributed by atoms with Gasteiger partial charge in [0.2, 0.25) is 5.43 Å². The van der Waals surface area contributed by atoms with E-state index in [-0.39, 0.29) is 17.6 Å². The Hall–Kier alpha value is -2.15. The standard InChI is InChI=1S/C18H17ClN2O3S/c1-2-21-9-15(16(23)14-7-13(10-22)25-18(14)21)17(24)20-8-11-3-5-12(19)6-4-11/h3-7,9,22H,2,8,10H2,1H3,(H,20,24). The maximum Gasteiger partial charge on any atom is 0.257 e. The van der Waals surface area contributed by atoms with Crippen molar-refractivity contribution in [2.24, 2.45) is 0 Å². The third-order valence-electron chi connectivity index (χ3n) is 3.91. The summed E-state index contributed by atoms with van der Waals surface area (Å²) in [4.78, 5) is 26.6. The average Bonchev–Trinajstić information content (AvgIpc) is 3.06. The zero-order valence-electron chi connectivity index (χ0n) is 13.6. The van der Waals surface area contributed by atoms with E-state index in [9.17, 15) is 14.7 Å². The zero-order chi connectivity index (χ0) is 18.0. The monoisotopic (exact) mass is 376 g/mol. The highest BCUT2D eigenvalue weighted by molar-refractivity contribution is 7.18. The summed E-state index contributed by atoms with van der Waals surface area (Å²) >= 11 is 7.21. The second-order valence-corrected chi connectivity index (χ2v) is 7.11. The number of aromatic nitrogens is 1. The molecule has 7 heteroatoms. The molecule has 2 heterocycles. The van der Waals surface area contributed by atoms with Gasteiger partial charge in [-0.15, -0.1) is 11.3 Å². The van der Waals surface area contributed by atoms with E-state index in [1.807, 2.05) is 23.6 Å². The number of aliphatic hydroxyl groups is 1. The molecule has 0 aliphatic carbocycles. The summed E-state index contributed by atoms with van der Waals surface area (Å²) in [6.07, 6.45) is 1.58. The molecule has 5 nitrogen and oxygen atoms in total. The first kappa shape index (κ1) is 17.7. The van der Waals surface area contributed by atoms with Gasteiger partial charge in [0.1, 0.15) is 10.4 Å². The summed E-state index contributed by atoms with van der Waals surface area (Å²) in [6.45, 7) is 2.75. The van der Waals surface area contributed by atoms with E-state index in [1.165, 1.54) is 11.3 Å². The van der Waals surface area contributed by atoms with Crippen LogP contribution in [0, 0.1) is 0 Å². The van der Waals surface area contributed by atoms with Gasteiger partial charge in [-0.1, -0.05) is 23.7 Å². The van der Waals surface area contributed by atoms with Gasteiger partial charge in [0.25, 0.3) is 5.91 Å². The summed E-state index contributed by atoms with van der Waals surface area (Å²) < 4.78 is 1.86. The summed E-state index contributed by atoms with van der Waals surface area (Å²) in [7, 11) is 0. The fraction of sp³-hybridized carbons (Fsp3) is 0.222. The first-order valence-electron chi connectivity index (χ1n) is 7.82. The van der Waals surface area contributed by atoms with E-state index < -0.39 is 5.91 Å². The van der Waals surface area contributed by atoms with Crippen LogP contribution in [-0.4, -0.2) is 15.6 Å². The number of carbonyl (C=O) groups is 1. The number of thiophene rings is 1. The predicted molar refractivity (Wildman–Crippen MR) is 100 cm³/mol. The Morgan fingerprint density at radius 1 is 1.32 bits per heavy atom. The van der Waals surface area contributed by atoms with Crippen LogP contribution in [0.3, 0.4) is 0 Å². The maximum atomic E-state index is 12.7. The number of hydrogen-bond donors (Lipinski definition) is 2. The molecule has 3 aromatic rings. The largest absolute Gasteiger partial charge is 0.391 e. The van der Waals surface area contributed by atoms with Crippen molar-refractivity contribution in [3.63, 3.8) is 0 Å². The number of fused-ring (bicyclic) bond motifs is 1. The van der Waals surface area contributed by atoms with Gasteiger partial charge in [-0.3, -0.25) is 9.59 Å². The molecule has 1 aromatic carbocycles. The van der Waals surface area contributed by atoms with Crippen molar-refractivity contribution >= 4 is 39.1 Å². The number of aryl methyl sites for hydroxylation is 1. The van der Waals surface area contributed by atoms with Crippen LogP contribution < -0.4 is 10.7 Å². The van der Waals surface area contributed by atoms with Crippen molar-refractivity contribution in [1.82, 2.24) is 9.88 Å². The lowest BCUT2D eigenvalue weighted by molar-refractivity contribution is 0.0949. The normalized spacial score (nSPS) is 11.0. The van der Waals surface area contributed by atoms with Crippen molar-refractivity contribution in [1.29, 1.82) is 0 Å². The number of carbonyl (C=O) groups excluding carboxylic acids is 1. The zero-order valence-corrected chi connectivity index (χ0v) is 15.2. The van der Waals surface area contributed by atoms with Crippen molar-refractivity contribution in [3.8, 4) is 0 Å². The maximum absolute atomic E-state index is 12.7. The molecule has 2 N–H and O–H groups in total. The van der Waals surface area contributed by atoms with Crippen molar-refractivity contribution in [2.75, 3.05) is 0 Å². The highest BCUT2D eigenvalue weighted by Gasteiger charge is 2.17. The lowest BCUT2D eigenvalue weighted by atomic mass is 10.2. The van der Waals surface area contributed by atoms with Gasteiger partial charge >= 0.3 is 0 Å². The van der Waals surface area contributed by atoms with Crippen LogP contribution in [0.2, 0.25) is 5.02 Å². The van der Waals surface area contributed by atoms with Gasteiger partial charge in [0.15, 0.2) is 0 Å². The highest BCUT2D eigenvalue weighted by atomic mass is 35.5. The highest BCUT2D eigenvalue weighted by Crippen LogP contribution is 2.24. The molecule has 0 saturated carbocycles. The van der Waals surface area contributed by atoms with Gasteiger partial charge in [-0.25, -0.2) is 0 Å². The quantitative estimate of drug-likeness (QED) is 0.718. The smallest absolute Gasteiger partial charge is 0.257 e. The van der Waals surface area contributed by atoms with Crippen LogP contribution in [0.5, 0.6) is 0 Å². The van der Waals surface area contributed by atoms with E-state index in [0.29, 0.717) is 28.4 Å². The summed E-state index contributed by atoms with van der Waals surface area (Å²) in [6, 6.07) is 8.80. The molecule has 3 rings (SSSR count). The number of amides is 1. The van der Waals surface area contributed by atoms with E-state index >= 15 is 0 Å². The molecule has 0 radical (unpaired) electrons. The Kier molecular flexibility index (Phi) is 5.22. The molecule has 0 aliphatic heterocycles. The summed E-state index contributed by atoms with van der Waals surface area (Å²) in [5, 5.41) is 13.2. The molecular formula is C18H17ClN2O3S. The van der Waals surface area contributed by atoms with Gasteiger partial charge < -0.3 is 15.0 Å². The van der Waals surface area contributed by atoms with Gasteiger partial charge in [-0.2, -0.15) is 0 Å². The van der Waals surface area contributed by atoms with Crippen LogP contribution in [0.15, 0.2) is 41.3 Å². The predicted octanol–water partition coefficient (Wildman–Crippen LogP) is 3.16. The molecule has 0 spiro atoms. The molecule has 2 aromatic heterocycles. The minimum atomic E-state index is -0.416. The minimum Gasteiger partial charge on any atom is -0.391 e. The SMILES string of the molecule is CCn1cc(C(=O)NCc2ccc(Cl)cc2)c(=O)c2cc(CO)sc21. The van der Waals surface area contributed by atoms with E-state index in [1.54, 1.807) is 24.4 Å². The molecule has 0 saturated heterocycles. The Labute approximate surface area is 153 Å². The number of nitrogens with zero attached hydrogens (tertiary/aromatic N) is 1. The topological polar surface area (TPSA) is 71.3 Å². The molecule has 0 fully saturated rings. The molecule has 0 unspecified atom stereocenters. The van der Waals surface area contributed by atoms with E-state index in [0.717, 1.165) is 10.4 Å². The third-order valence-corrected chi connectivity index (χ3v) is 5.31. The lowest BCUT2D eigenvalue weighted by Crippen LogP contribution is -2.29. The Bertz CT molecular complexity index is 976. The van der Waals surface area contributed by atoms with Crippen LogP contribution in [0.4, 0.5) is 0 Å². The molecule has 0 aliphatic rings. The van der Waals surface area contributed by atoms with Gasteiger partial charge in [-0.05, 0) is 30.7 Å². The van der Waals surface area contributed by atoms with Crippen LogP contribution in [0.25, 0.3) is 10.2 Å². The fourth-order valence-electron chi connectivity index (χ4n) is 2.58. The number of pyridine rings is 1. The van der Waals surface area contributed by atoms with E-state index in [4.69, 9.17) is 11.6 Å². The Balaban J connectivity index is 1.91. The van der Waals surface area contributed by atoms with Crippen molar-refractivity contribution < 1.29 is 9.90 Å². The van der Waals surface area contributed by atoms with Crippen LogP contribution >= 0.6 is 22.9 Å². The minimum absolute atomic E-state index is 0.102. The molecule has 0 atom stereocenters. The fourth-order valence-corrected chi connectivity index (χ4v) is 3.76. The van der Waals surface area contributed by atoms with Crippen LogP contribution in [0.1, 0.15) is 27.7 Å². The number of benzene rings is 1. The lowest BCUT2D eigenvalue weighted by Gasteiger charge is -2.09. The molecule has 25 heavy (non-hydrogen) atoms. The molecule has 0 bridgehead atoms. The first-order valence-corrected chi connectivity index (χ1v) is 9.02. The van der Waals surface area contributed by atoms with Crippen molar-refractivity contribution in [2.45, 2.75) is 26.6 Å². The van der Waals surface area contributed by atoms with Gasteiger partial charge in [0.05, 0.1) is 12.0 Å². The van der Waals surface area contributed by atoms with Crippen LogP contribution in [-0.2, 0) is 19.7 Å². The molecular weight excluding hydrogens is 360 g/mol. The number of aliphatic hydroxyl groups excluding tert-OH is 1. The van der Waals surface area contributed by atoms with E-state index in [2.05, 4.69) is 5.32 Å². The second kappa shape index (κ2) is 7.39. The van der Waals surface area contributed by atoms with Gasteiger partial charge in [0, 0.05) is 29.2 Å². The summed E-state index contributed by atoms with van der Waals surface area (Å²) in [5.74, 6) is -0.416. The Morgan fingerprint density at radius 2 is 2.04 bits per heavy atom. The third kappa shape index (κ3) is 3.61. The number of halogens is 1. The average molecular weight is 377 g/mol.